The van der Waals surface area contributed by atoms with Crippen LogP contribution in [-0.2, 0) is 13.0 Å². The number of rotatable bonds is 17. The monoisotopic (exact) mass is 334 g/mol. The maximum Gasteiger partial charge on any atom is 0.108 e. The highest BCUT2D eigenvalue weighted by Gasteiger charge is 2.01. The molecule has 0 amide bonds. The molecule has 0 fully saturated rings. The second-order valence-corrected chi connectivity index (χ2v) is 7.38. The Kier molecular flexibility index (Phi) is 13.9. The molecule has 0 atom stereocenters. The molecule has 0 N–H and O–H groups in total. The number of hydrogen-bond donors (Lipinski definition) is 0. The fraction of sp³-hybridized carbons (Fsp3) is 0.864. The fourth-order valence-electron chi connectivity index (χ4n) is 3.47. The van der Waals surface area contributed by atoms with Crippen molar-refractivity contribution in [1.29, 1.82) is 0 Å². The molecule has 0 saturated carbocycles. The van der Waals surface area contributed by atoms with E-state index in [2.05, 4.69) is 29.6 Å². The molecule has 0 aliphatic heterocycles. The van der Waals surface area contributed by atoms with Gasteiger partial charge in [0, 0.05) is 25.4 Å². The van der Waals surface area contributed by atoms with E-state index in [9.17, 15) is 0 Å². The van der Waals surface area contributed by atoms with Gasteiger partial charge in [0.15, 0.2) is 0 Å². The van der Waals surface area contributed by atoms with Crippen LogP contribution in [0.3, 0.4) is 0 Å². The van der Waals surface area contributed by atoms with E-state index < -0.39 is 0 Å². The first kappa shape index (κ1) is 21.3. The van der Waals surface area contributed by atoms with E-state index >= 15 is 0 Å². The molecule has 0 unspecified atom stereocenters. The van der Waals surface area contributed by atoms with Gasteiger partial charge in [0.25, 0.3) is 0 Å². The van der Waals surface area contributed by atoms with Crippen molar-refractivity contribution in [3.63, 3.8) is 0 Å². The van der Waals surface area contributed by atoms with Crippen LogP contribution in [0, 0.1) is 0 Å². The Labute approximate surface area is 151 Å². The molecule has 0 spiro atoms. The molecule has 24 heavy (non-hydrogen) atoms. The first-order valence-corrected chi connectivity index (χ1v) is 10.9. The van der Waals surface area contributed by atoms with Crippen LogP contribution >= 0.6 is 0 Å². The maximum absolute atomic E-state index is 4.45. The van der Waals surface area contributed by atoms with Crippen LogP contribution in [0.4, 0.5) is 0 Å². The predicted octanol–water partition coefficient (Wildman–Crippen LogP) is 7.32. The van der Waals surface area contributed by atoms with Gasteiger partial charge in [-0.25, -0.2) is 4.98 Å². The average Bonchev–Trinajstić information content (AvgIpc) is 3.03. The quantitative estimate of drug-likeness (QED) is 0.273. The van der Waals surface area contributed by atoms with E-state index in [4.69, 9.17) is 0 Å². The lowest BCUT2D eigenvalue weighted by molar-refractivity contribution is 0.519. The van der Waals surface area contributed by atoms with Crippen LogP contribution < -0.4 is 0 Å². The molecule has 0 aliphatic rings. The molecule has 0 saturated heterocycles. The predicted molar refractivity (Wildman–Crippen MR) is 107 cm³/mol. The summed E-state index contributed by atoms with van der Waals surface area (Å²) in [5.74, 6) is 1.27. The summed E-state index contributed by atoms with van der Waals surface area (Å²) in [7, 11) is 0. The van der Waals surface area contributed by atoms with Gasteiger partial charge in [0.1, 0.15) is 5.82 Å². The summed E-state index contributed by atoms with van der Waals surface area (Å²) < 4.78 is 2.35. The van der Waals surface area contributed by atoms with Gasteiger partial charge in [-0.15, -0.1) is 0 Å². The van der Waals surface area contributed by atoms with E-state index in [1.165, 1.54) is 102 Å². The normalized spacial score (nSPS) is 11.2. The number of imidazole rings is 1. The lowest BCUT2D eigenvalue weighted by atomic mass is 10.0. The Balaban J connectivity index is 1.81. The van der Waals surface area contributed by atoms with Crippen molar-refractivity contribution >= 4 is 0 Å². The molecule has 1 heterocycles. The summed E-state index contributed by atoms with van der Waals surface area (Å²) in [4.78, 5) is 4.45. The largest absolute Gasteiger partial charge is 0.335 e. The Hall–Kier alpha value is -0.790. The van der Waals surface area contributed by atoms with E-state index in [-0.39, 0.29) is 0 Å². The van der Waals surface area contributed by atoms with Crippen molar-refractivity contribution in [3.8, 4) is 0 Å². The molecule has 140 valence electrons. The van der Waals surface area contributed by atoms with Crippen molar-refractivity contribution in [2.24, 2.45) is 0 Å². The minimum absolute atomic E-state index is 1.12. The summed E-state index contributed by atoms with van der Waals surface area (Å²) >= 11 is 0. The van der Waals surface area contributed by atoms with E-state index in [1.54, 1.807) is 0 Å². The third-order valence-corrected chi connectivity index (χ3v) is 5.03. The molecule has 2 nitrogen and oxygen atoms in total. The lowest BCUT2D eigenvalue weighted by Gasteiger charge is -2.07. The SMILES string of the molecule is CCCCCCCCCCCCCCCCn1ccnc1CCC. The second kappa shape index (κ2) is 15.7. The number of unbranched alkanes of at least 4 members (excludes halogenated alkanes) is 13. The molecule has 0 bridgehead atoms. The standard InChI is InChI=1S/C22H42N2/c1-3-5-6-7-8-9-10-11-12-13-14-15-16-17-20-24-21-19-23-22(24)18-4-2/h19,21H,3-18,20H2,1-2H3. The van der Waals surface area contributed by atoms with E-state index in [0.29, 0.717) is 0 Å². The zero-order valence-corrected chi connectivity index (χ0v) is 16.6. The zero-order chi connectivity index (χ0) is 17.3. The Morgan fingerprint density at radius 3 is 1.67 bits per heavy atom. The van der Waals surface area contributed by atoms with Crippen LogP contribution in [0.2, 0.25) is 0 Å². The highest BCUT2D eigenvalue weighted by Crippen LogP contribution is 2.13. The van der Waals surface area contributed by atoms with Crippen LogP contribution in [-0.4, -0.2) is 9.55 Å². The number of hydrogen-bond acceptors (Lipinski definition) is 1. The highest BCUT2D eigenvalue weighted by molar-refractivity contribution is 4.92. The van der Waals surface area contributed by atoms with Crippen molar-refractivity contribution in [1.82, 2.24) is 9.55 Å². The minimum Gasteiger partial charge on any atom is -0.335 e. The Morgan fingerprint density at radius 1 is 0.667 bits per heavy atom. The Bertz CT molecular complexity index is 370. The summed E-state index contributed by atoms with van der Waals surface area (Å²) in [5, 5.41) is 0. The average molecular weight is 335 g/mol. The molecule has 0 aromatic carbocycles. The van der Waals surface area contributed by atoms with Crippen molar-refractivity contribution in [3.05, 3.63) is 18.2 Å². The van der Waals surface area contributed by atoms with Gasteiger partial charge in [0.05, 0.1) is 0 Å². The molecule has 1 aromatic rings. The molecule has 2 heteroatoms. The molecule has 1 rings (SSSR count). The maximum atomic E-state index is 4.45. The second-order valence-electron chi connectivity index (χ2n) is 7.38. The number of aromatic nitrogens is 2. The van der Waals surface area contributed by atoms with Gasteiger partial charge in [0.2, 0.25) is 0 Å². The summed E-state index contributed by atoms with van der Waals surface area (Å²) in [5.41, 5.74) is 0. The zero-order valence-electron chi connectivity index (χ0n) is 16.6. The third-order valence-electron chi connectivity index (χ3n) is 5.03. The molecule has 0 aliphatic carbocycles. The first-order valence-electron chi connectivity index (χ1n) is 10.9. The van der Waals surface area contributed by atoms with Gasteiger partial charge < -0.3 is 4.57 Å². The molecule has 1 aromatic heterocycles. The summed E-state index contributed by atoms with van der Waals surface area (Å²) in [6, 6.07) is 0. The van der Waals surface area contributed by atoms with Crippen LogP contribution in [0.1, 0.15) is 116 Å². The van der Waals surface area contributed by atoms with Gasteiger partial charge >= 0.3 is 0 Å². The van der Waals surface area contributed by atoms with Crippen LogP contribution in [0.15, 0.2) is 12.4 Å². The van der Waals surface area contributed by atoms with E-state index in [1.807, 2.05) is 6.20 Å². The molecule has 0 radical (unpaired) electrons. The first-order chi connectivity index (χ1) is 11.9. The Morgan fingerprint density at radius 2 is 1.17 bits per heavy atom. The number of nitrogens with zero attached hydrogens (tertiary/aromatic N) is 2. The highest BCUT2D eigenvalue weighted by atomic mass is 15.1. The molecular formula is C22H42N2. The van der Waals surface area contributed by atoms with Crippen molar-refractivity contribution in [2.45, 2.75) is 123 Å². The van der Waals surface area contributed by atoms with Gasteiger partial charge in [-0.1, -0.05) is 97.3 Å². The lowest BCUT2D eigenvalue weighted by Crippen LogP contribution is -2.03. The fourth-order valence-corrected chi connectivity index (χ4v) is 3.47. The van der Waals surface area contributed by atoms with Gasteiger partial charge in [-0.2, -0.15) is 0 Å². The summed E-state index contributed by atoms with van der Waals surface area (Å²) in [6.45, 7) is 5.68. The van der Waals surface area contributed by atoms with Gasteiger partial charge in [-0.3, -0.25) is 0 Å². The number of aryl methyl sites for hydroxylation is 2. The third kappa shape index (κ3) is 10.9. The van der Waals surface area contributed by atoms with Gasteiger partial charge in [-0.05, 0) is 12.8 Å². The van der Waals surface area contributed by atoms with E-state index in [0.717, 1.165) is 13.0 Å². The topological polar surface area (TPSA) is 17.8 Å². The summed E-state index contributed by atoms with van der Waals surface area (Å²) in [6.07, 6.45) is 26.4. The van der Waals surface area contributed by atoms with Crippen molar-refractivity contribution < 1.29 is 0 Å². The van der Waals surface area contributed by atoms with Crippen molar-refractivity contribution in [2.75, 3.05) is 0 Å². The minimum atomic E-state index is 1.12. The smallest absolute Gasteiger partial charge is 0.108 e. The van der Waals surface area contributed by atoms with Crippen LogP contribution in [0.5, 0.6) is 0 Å². The van der Waals surface area contributed by atoms with Crippen LogP contribution in [0.25, 0.3) is 0 Å². The molecular weight excluding hydrogens is 292 g/mol.